The normalized spacial score (nSPS) is 11.4. The summed E-state index contributed by atoms with van der Waals surface area (Å²) in [6, 6.07) is 11.4. The van der Waals surface area contributed by atoms with Gasteiger partial charge in [0, 0.05) is 42.5 Å². The van der Waals surface area contributed by atoms with E-state index in [1.54, 1.807) is 19.2 Å². The highest BCUT2D eigenvalue weighted by atomic mass is 79.9. The van der Waals surface area contributed by atoms with Crippen LogP contribution in [-0.4, -0.2) is 41.5 Å². The summed E-state index contributed by atoms with van der Waals surface area (Å²) in [5.41, 5.74) is 3.30. The molecule has 0 aliphatic carbocycles. The number of benzene rings is 1. The molecule has 2 aromatic heterocycles. The Morgan fingerprint density at radius 3 is 2.71 bits per heavy atom. The van der Waals surface area contributed by atoms with Crippen LogP contribution >= 0.6 is 15.9 Å². The lowest BCUT2D eigenvalue weighted by molar-refractivity contribution is 0.251. The van der Waals surface area contributed by atoms with Crippen LogP contribution in [-0.2, 0) is 11.3 Å². The fourth-order valence-corrected chi connectivity index (χ4v) is 3.40. The average molecular weight is 542 g/mol. The molecule has 1 aromatic carbocycles. The van der Waals surface area contributed by atoms with Crippen molar-refractivity contribution in [2.75, 3.05) is 31.4 Å². The quantitative estimate of drug-likeness (QED) is 0.220. The van der Waals surface area contributed by atoms with Gasteiger partial charge in [-0.25, -0.2) is 9.78 Å². The van der Waals surface area contributed by atoms with Crippen molar-refractivity contribution in [3.63, 3.8) is 0 Å². The number of carbonyl (C=O) groups is 1. The van der Waals surface area contributed by atoms with Gasteiger partial charge >= 0.3 is 6.03 Å². The number of pyridine rings is 1. The number of aromatic nitrogens is 2. The minimum Gasteiger partial charge on any atom is -0.495 e. The Balaban J connectivity index is 0.00000137. The molecule has 0 saturated carbocycles. The molecule has 0 saturated heterocycles. The molecule has 3 rings (SSSR count). The number of halogens is 1. The van der Waals surface area contributed by atoms with E-state index in [1.807, 2.05) is 62.6 Å². The number of rotatable bonds is 8. The van der Waals surface area contributed by atoms with Gasteiger partial charge in [-0.05, 0) is 55.8 Å². The molecule has 186 valence electrons. The molecule has 0 spiro atoms. The number of fused-ring (bicyclic) bond motifs is 1. The van der Waals surface area contributed by atoms with Gasteiger partial charge < -0.3 is 30.4 Å². The summed E-state index contributed by atoms with van der Waals surface area (Å²) in [5.74, 6) is 1.17. The summed E-state index contributed by atoms with van der Waals surface area (Å²) >= 11 is 3.41. The lowest BCUT2D eigenvalue weighted by atomic mass is 10.2. The third-order valence-electron chi connectivity index (χ3n) is 4.85. The Labute approximate surface area is 214 Å². The van der Waals surface area contributed by atoms with Gasteiger partial charge in [0.25, 0.3) is 0 Å². The first-order valence-corrected chi connectivity index (χ1v) is 11.8. The van der Waals surface area contributed by atoms with Gasteiger partial charge in [0.2, 0.25) is 0 Å². The molecule has 2 amide bonds. The standard InChI is InChI=1S/C24H26BrN5O2.C2H6O/c1-5-18(25)14-21(16(2)32-4)29-24(31)28-20-7-6-8-22-19(20)10-12-30(22)15-17-9-11-27-23(13-17)26-3;1-2-3/h5-14H,2,15H2,1,3-4H3,(H,26,27)(H2,28,29,31);3H,2H2,1H3/b18-5+,21-14+;. The minimum atomic E-state index is -0.390. The molecule has 0 bridgehead atoms. The maximum Gasteiger partial charge on any atom is 0.323 e. The first kappa shape index (κ1) is 27.7. The second kappa shape index (κ2) is 14.0. The number of hydrogen-bond acceptors (Lipinski definition) is 5. The van der Waals surface area contributed by atoms with E-state index in [0.29, 0.717) is 23.7 Å². The average Bonchev–Trinajstić information content (AvgIpc) is 3.27. The van der Waals surface area contributed by atoms with Gasteiger partial charge in [-0.2, -0.15) is 0 Å². The molecule has 8 nitrogen and oxygen atoms in total. The molecule has 9 heteroatoms. The van der Waals surface area contributed by atoms with Crippen molar-refractivity contribution in [2.45, 2.75) is 20.4 Å². The summed E-state index contributed by atoms with van der Waals surface area (Å²) in [6.45, 7) is 8.33. The number of carbonyl (C=O) groups excluding carboxylic acids is 1. The second-order valence-electron chi connectivity index (χ2n) is 7.24. The molecule has 0 unspecified atom stereocenters. The smallest absolute Gasteiger partial charge is 0.323 e. The number of allylic oxidation sites excluding steroid dienone is 3. The van der Waals surface area contributed by atoms with Crippen LogP contribution in [0, 0.1) is 0 Å². The van der Waals surface area contributed by atoms with Gasteiger partial charge in [-0.3, -0.25) is 0 Å². The van der Waals surface area contributed by atoms with Crippen LogP contribution in [0.5, 0.6) is 0 Å². The van der Waals surface area contributed by atoms with Crippen molar-refractivity contribution in [1.29, 1.82) is 0 Å². The number of nitrogens with zero attached hydrogens (tertiary/aromatic N) is 2. The number of urea groups is 1. The highest BCUT2D eigenvalue weighted by Gasteiger charge is 2.12. The second-order valence-corrected chi connectivity index (χ2v) is 8.15. The van der Waals surface area contributed by atoms with Crippen LogP contribution in [0.15, 0.2) is 83.5 Å². The van der Waals surface area contributed by atoms with Crippen LogP contribution in [0.2, 0.25) is 0 Å². The monoisotopic (exact) mass is 541 g/mol. The van der Waals surface area contributed by atoms with Gasteiger partial charge in [0.1, 0.15) is 11.6 Å². The fourth-order valence-electron chi connectivity index (χ4n) is 3.17. The number of aliphatic hydroxyl groups excluding tert-OH is 1. The Hall–Kier alpha value is -3.56. The summed E-state index contributed by atoms with van der Waals surface area (Å²) in [6.07, 6.45) is 7.38. The number of hydrogen-bond donors (Lipinski definition) is 4. The van der Waals surface area contributed by atoms with Gasteiger partial charge in [0.05, 0.1) is 24.0 Å². The topological polar surface area (TPSA) is 100 Å². The Kier molecular flexibility index (Phi) is 11.1. The highest BCUT2D eigenvalue weighted by Crippen LogP contribution is 2.26. The molecule has 3 aromatic rings. The summed E-state index contributed by atoms with van der Waals surface area (Å²) < 4.78 is 8.12. The molecule has 0 radical (unpaired) electrons. The predicted molar refractivity (Wildman–Crippen MR) is 147 cm³/mol. The first-order valence-electron chi connectivity index (χ1n) is 11.0. The Morgan fingerprint density at radius 2 is 2.06 bits per heavy atom. The lowest BCUT2D eigenvalue weighted by Crippen LogP contribution is -2.29. The molecular weight excluding hydrogens is 510 g/mol. The van der Waals surface area contributed by atoms with E-state index in [-0.39, 0.29) is 12.6 Å². The number of anilines is 2. The number of aliphatic hydroxyl groups is 1. The zero-order valence-corrected chi connectivity index (χ0v) is 22.0. The fraction of sp³-hybridized carbons (Fsp3) is 0.231. The van der Waals surface area contributed by atoms with Crippen LogP contribution < -0.4 is 16.0 Å². The molecule has 4 N–H and O–H groups in total. The van der Waals surface area contributed by atoms with Crippen molar-refractivity contribution in [3.05, 3.63) is 89.0 Å². The predicted octanol–water partition coefficient (Wildman–Crippen LogP) is 5.59. The molecule has 2 heterocycles. The number of nitrogens with one attached hydrogen (secondary N) is 3. The molecule has 0 atom stereocenters. The molecule has 0 aliphatic rings. The third-order valence-corrected chi connectivity index (χ3v) is 5.54. The summed E-state index contributed by atoms with van der Waals surface area (Å²) in [7, 11) is 3.35. The lowest BCUT2D eigenvalue weighted by Gasteiger charge is -2.13. The van der Waals surface area contributed by atoms with Crippen LogP contribution in [0.1, 0.15) is 19.4 Å². The van der Waals surface area contributed by atoms with Crippen LogP contribution in [0.3, 0.4) is 0 Å². The Morgan fingerprint density at radius 1 is 1.31 bits per heavy atom. The van der Waals surface area contributed by atoms with Gasteiger partial charge in [0.15, 0.2) is 0 Å². The molecular formula is C26H32BrN5O3. The van der Waals surface area contributed by atoms with Crippen molar-refractivity contribution < 1.29 is 14.6 Å². The zero-order valence-electron chi connectivity index (χ0n) is 20.4. The minimum absolute atomic E-state index is 0.250. The van der Waals surface area contributed by atoms with Gasteiger partial charge in [-0.15, -0.1) is 0 Å². The van der Waals surface area contributed by atoms with Crippen molar-refractivity contribution in [1.82, 2.24) is 14.9 Å². The van der Waals surface area contributed by atoms with Gasteiger partial charge in [-0.1, -0.05) is 34.7 Å². The van der Waals surface area contributed by atoms with Crippen molar-refractivity contribution >= 4 is 44.4 Å². The Bertz CT molecular complexity index is 1220. The number of methoxy groups -OCH3 is 1. The highest BCUT2D eigenvalue weighted by molar-refractivity contribution is 9.11. The number of amides is 2. The first-order chi connectivity index (χ1) is 16.9. The van der Waals surface area contributed by atoms with Crippen molar-refractivity contribution in [2.24, 2.45) is 0 Å². The van der Waals surface area contributed by atoms with E-state index in [4.69, 9.17) is 9.84 Å². The molecule has 0 fully saturated rings. The maximum absolute atomic E-state index is 12.7. The largest absolute Gasteiger partial charge is 0.495 e. The third kappa shape index (κ3) is 8.01. The van der Waals surface area contributed by atoms with E-state index in [1.165, 1.54) is 7.11 Å². The van der Waals surface area contributed by atoms with E-state index in [9.17, 15) is 4.79 Å². The zero-order chi connectivity index (χ0) is 25.8. The van der Waals surface area contributed by atoms with Crippen LogP contribution in [0.4, 0.5) is 16.3 Å². The van der Waals surface area contributed by atoms with E-state index < -0.39 is 0 Å². The SMILES string of the molecule is C=C(OC)/C(=C\C(Br)=C/C)NC(=O)Nc1cccc2c1ccn2Cc1ccnc(NC)c1.CCO. The van der Waals surface area contributed by atoms with E-state index in [0.717, 1.165) is 26.8 Å². The maximum atomic E-state index is 12.7. The summed E-state index contributed by atoms with van der Waals surface area (Å²) in [4.78, 5) is 17.0. The summed E-state index contributed by atoms with van der Waals surface area (Å²) in [5, 5.41) is 17.3. The van der Waals surface area contributed by atoms with E-state index >= 15 is 0 Å². The number of ether oxygens (including phenoxy) is 1. The molecule has 35 heavy (non-hydrogen) atoms. The van der Waals surface area contributed by atoms with Crippen LogP contribution in [0.25, 0.3) is 10.9 Å². The van der Waals surface area contributed by atoms with E-state index in [2.05, 4.69) is 48.0 Å². The molecule has 0 aliphatic heterocycles. The van der Waals surface area contributed by atoms with Crippen molar-refractivity contribution in [3.8, 4) is 0 Å².